The minimum absolute atomic E-state index is 0.00736. The molecule has 35 heavy (non-hydrogen) atoms. The predicted molar refractivity (Wildman–Crippen MR) is 141 cm³/mol. The molecule has 2 heterocycles. The van der Waals surface area contributed by atoms with Crippen molar-refractivity contribution in [2.45, 2.75) is 63.6 Å². The summed E-state index contributed by atoms with van der Waals surface area (Å²) in [6.45, 7) is 9.71. The number of rotatable bonds is 2. The molecule has 2 amide bonds. The average molecular weight is 541 g/mol. The van der Waals surface area contributed by atoms with E-state index in [9.17, 15) is 9.59 Å². The van der Waals surface area contributed by atoms with Gasteiger partial charge in [-0.25, -0.2) is 9.69 Å². The van der Waals surface area contributed by atoms with Gasteiger partial charge in [0.15, 0.2) is 0 Å². The van der Waals surface area contributed by atoms with Crippen molar-refractivity contribution in [2.75, 3.05) is 13.1 Å². The summed E-state index contributed by atoms with van der Waals surface area (Å²) in [5.74, 6) is -0.911. The fraction of sp³-hybridized carbons (Fsp3) is 0.462. The summed E-state index contributed by atoms with van der Waals surface area (Å²) in [5, 5.41) is 4.92. The maximum absolute atomic E-state index is 13.3. The molecule has 0 aliphatic carbocycles. The number of carbonyl (C=O) groups excluding carboxylic acids is 2. The lowest BCUT2D eigenvalue weighted by Gasteiger charge is -2.47. The van der Waals surface area contributed by atoms with Crippen molar-refractivity contribution in [1.29, 1.82) is 0 Å². The number of ether oxygens (including phenoxy) is 1. The summed E-state index contributed by atoms with van der Waals surface area (Å²) < 4.78 is 5.47. The molecule has 2 aromatic rings. The second-order valence-corrected chi connectivity index (χ2v) is 10.9. The van der Waals surface area contributed by atoms with E-state index < -0.39 is 29.2 Å². The number of carbonyl (C=O) groups is 2. The summed E-state index contributed by atoms with van der Waals surface area (Å²) in [6, 6.07) is 12.0. The van der Waals surface area contributed by atoms with Crippen molar-refractivity contribution in [3.8, 4) is 0 Å². The van der Waals surface area contributed by atoms with Crippen LogP contribution in [0.15, 0.2) is 42.5 Å². The number of hydrogen-bond acceptors (Lipinski definition) is 5. The van der Waals surface area contributed by atoms with Crippen LogP contribution in [0.4, 0.5) is 4.79 Å². The Bertz CT molecular complexity index is 1090. The van der Waals surface area contributed by atoms with Crippen LogP contribution in [0.2, 0.25) is 15.1 Å². The van der Waals surface area contributed by atoms with E-state index in [1.54, 1.807) is 45.0 Å². The number of benzene rings is 2. The van der Waals surface area contributed by atoms with Crippen LogP contribution in [0, 0.1) is 0 Å². The van der Waals surface area contributed by atoms with Gasteiger partial charge in [-0.2, -0.15) is 0 Å². The van der Waals surface area contributed by atoms with Crippen LogP contribution >= 0.6 is 34.8 Å². The molecule has 2 saturated heterocycles. The molecule has 0 bridgehead atoms. The number of likely N-dealkylation sites (tertiary alicyclic amines) is 1. The van der Waals surface area contributed by atoms with Crippen LogP contribution in [-0.2, 0) is 9.53 Å². The Morgan fingerprint density at radius 1 is 1.09 bits per heavy atom. The van der Waals surface area contributed by atoms with E-state index in [4.69, 9.17) is 45.3 Å². The van der Waals surface area contributed by atoms with Crippen LogP contribution < -0.4 is 11.1 Å². The van der Waals surface area contributed by atoms with Crippen LogP contribution in [0.3, 0.4) is 0 Å². The summed E-state index contributed by atoms with van der Waals surface area (Å²) in [7, 11) is 0. The van der Waals surface area contributed by atoms with Gasteiger partial charge in [0, 0.05) is 33.4 Å². The lowest BCUT2D eigenvalue weighted by Crippen LogP contribution is -2.66. The van der Waals surface area contributed by atoms with E-state index >= 15 is 0 Å². The Morgan fingerprint density at radius 2 is 1.69 bits per heavy atom. The number of piperidine rings is 1. The van der Waals surface area contributed by atoms with Crippen LogP contribution in [-0.4, -0.2) is 47.2 Å². The summed E-state index contributed by atoms with van der Waals surface area (Å²) >= 11 is 18.8. The van der Waals surface area contributed by atoms with Crippen molar-refractivity contribution in [3.05, 3.63) is 68.7 Å². The fourth-order valence-corrected chi connectivity index (χ4v) is 5.57. The molecule has 2 aliphatic heterocycles. The third-order valence-electron chi connectivity index (χ3n) is 6.21. The number of halogens is 3. The highest BCUT2D eigenvalue weighted by Gasteiger charge is 2.60. The van der Waals surface area contributed by atoms with E-state index in [-0.39, 0.29) is 18.4 Å². The smallest absolute Gasteiger partial charge is 0.417 e. The Hall–Kier alpha value is -1.83. The molecule has 0 aromatic heterocycles. The van der Waals surface area contributed by atoms with E-state index in [1.807, 2.05) is 32.0 Å². The van der Waals surface area contributed by atoms with Crippen molar-refractivity contribution < 1.29 is 14.3 Å². The molecule has 4 unspecified atom stereocenters. The van der Waals surface area contributed by atoms with E-state index in [0.717, 1.165) is 16.0 Å². The second kappa shape index (κ2) is 10.7. The van der Waals surface area contributed by atoms with Gasteiger partial charge in [0.1, 0.15) is 11.6 Å². The van der Waals surface area contributed by atoms with Crippen molar-refractivity contribution >= 4 is 46.8 Å². The highest BCUT2D eigenvalue weighted by molar-refractivity contribution is 6.35. The first-order valence-corrected chi connectivity index (χ1v) is 12.8. The molecule has 2 fully saturated rings. The number of nitrogens with one attached hydrogen (secondary N) is 1. The Labute approximate surface area is 222 Å². The number of hydrogen-bond donors (Lipinski definition) is 2. The monoisotopic (exact) mass is 539 g/mol. The van der Waals surface area contributed by atoms with Crippen LogP contribution in [0.5, 0.6) is 0 Å². The number of imide groups is 1. The normalized spacial score (nSPS) is 26.0. The van der Waals surface area contributed by atoms with Gasteiger partial charge in [-0.3, -0.25) is 4.79 Å². The minimum Gasteiger partial charge on any atom is -0.443 e. The number of fused-ring (bicyclic) bond motifs is 1. The van der Waals surface area contributed by atoms with Gasteiger partial charge >= 0.3 is 6.09 Å². The summed E-state index contributed by atoms with van der Waals surface area (Å²) in [6.07, 6.45) is -0.704. The number of nitrogens with zero attached hydrogens (tertiary/aromatic N) is 1. The highest BCUT2D eigenvalue weighted by Crippen LogP contribution is 2.48. The lowest BCUT2D eigenvalue weighted by molar-refractivity contribution is -0.129. The molecule has 0 saturated carbocycles. The maximum Gasteiger partial charge on any atom is 0.417 e. The summed E-state index contributed by atoms with van der Waals surface area (Å²) in [5.41, 5.74) is 6.96. The molecular weight excluding hydrogens is 509 g/mol. The van der Waals surface area contributed by atoms with Crippen molar-refractivity contribution in [3.63, 3.8) is 0 Å². The van der Waals surface area contributed by atoms with Gasteiger partial charge in [0.2, 0.25) is 0 Å². The van der Waals surface area contributed by atoms with Gasteiger partial charge < -0.3 is 15.8 Å². The zero-order chi connectivity index (χ0) is 26.1. The molecule has 3 N–H and O–H groups in total. The van der Waals surface area contributed by atoms with Crippen molar-refractivity contribution in [2.24, 2.45) is 5.73 Å². The summed E-state index contributed by atoms with van der Waals surface area (Å²) in [4.78, 5) is 27.2. The molecule has 0 spiro atoms. The third kappa shape index (κ3) is 5.62. The van der Waals surface area contributed by atoms with Crippen LogP contribution in [0.25, 0.3) is 0 Å². The Kier molecular flexibility index (Phi) is 8.45. The Balaban J connectivity index is 0.00000167. The van der Waals surface area contributed by atoms with Gasteiger partial charge in [-0.15, -0.1) is 0 Å². The lowest BCUT2D eigenvalue weighted by atomic mass is 9.65. The van der Waals surface area contributed by atoms with Gasteiger partial charge in [0.05, 0.1) is 12.1 Å². The molecule has 0 radical (unpaired) electrons. The molecule has 6 nitrogen and oxygen atoms in total. The first-order chi connectivity index (χ1) is 16.4. The van der Waals surface area contributed by atoms with Gasteiger partial charge in [0.25, 0.3) is 5.91 Å². The molecule has 9 heteroatoms. The molecule has 2 aliphatic rings. The largest absolute Gasteiger partial charge is 0.443 e. The topological polar surface area (TPSA) is 84.7 Å². The standard InChI is InChI=1S/C24H26Cl3N3O3.C2H6/c1-23(2,3)33-22(32)30-12-24(28)19(13-4-6-14(25)7-5-13)17(11-29-20(24)21(30)31)16-9-8-15(26)10-18(16)27;1-2/h4-10,17,19-20,29H,11-12,28H2,1-3H3;1-2H3. The first-order valence-electron chi connectivity index (χ1n) is 11.7. The molecular formula is C26H32Cl3N3O3. The Morgan fingerprint density at radius 3 is 2.26 bits per heavy atom. The van der Waals surface area contributed by atoms with E-state index in [2.05, 4.69) is 5.32 Å². The molecule has 4 atom stereocenters. The fourth-order valence-electron chi connectivity index (χ4n) is 4.90. The van der Waals surface area contributed by atoms with Gasteiger partial charge in [-0.05, 0) is 56.2 Å². The van der Waals surface area contributed by atoms with Crippen LogP contribution in [0.1, 0.15) is 57.6 Å². The molecule has 2 aromatic carbocycles. The van der Waals surface area contributed by atoms with Crippen molar-refractivity contribution in [1.82, 2.24) is 10.2 Å². The van der Waals surface area contributed by atoms with Gasteiger partial charge in [-0.1, -0.05) is 66.8 Å². The molecule has 190 valence electrons. The minimum atomic E-state index is -1.10. The third-order valence-corrected chi connectivity index (χ3v) is 7.03. The average Bonchev–Trinajstić information content (AvgIpc) is 3.05. The second-order valence-electron chi connectivity index (χ2n) is 9.66. The number of nitrogens with two attached hydrogens (primary N) is 1. The predicted octanol–water partition coefficient (Wildman–Crippen LogP) is 5.99. The maximum atomic E-state index is 13.3. The van der Waals surface area contributed by atoms with E-state index in [1.165, 1.54) is 0 Å². The van der Waals surface area contributed by atoms with E-state index in [0.29, 0.717) is 21.6 Å². The highest BCUT2D eigenvalue weighted by atomic mass is 35.5. The number of amides is 2. The zero-order valence-electron chi connectivity index (χ0n) is 20.6. The molecule has 4 rings (SSSR count). The SMILES string of the molecule is CC.CC(C)(C)OC(=O)N1CC2(N)C(NCC(c3ccc(Cl)cc3Cl)C2c2ccc(Cl)cc2)C1=O. The first kappa shape index (κ1) is 27.8. The quantitative estimate of drug-likeness (QED) is 0.489. The zero-order valence-corrected chi connectivity index (χ0v) is 22.8.